The van der Waals surface area contributed by atoms with Crippen LogP contribution >= 0.6 is 0 Å². The largest absolute Gasteiger partial charge is 0.481 e. The summed E-state index contributed by atoms with van der Waals surface area (Å²) in [4.78, 5) is 46.5. The molecule has 0 aromatic heterocycles. The summed E-state index contributed by atoms with van der Waals surface area (Å²) in [5, 5.41) is 28.6. The molecule has 1 heterocycles. The Balaban J connectivity index is 2.52. The van der Waals surface area contributed by atoms with Gasteiger partial charge in [0.1, 0.15) is 14.7 Å². The number of ether oxygens (including phenoxy) is 2. The summed E-state index contributed by atoms with van der Waals surface area (Å²) in [5.41, 5.74) is 4.67. The van der Waals surface area contributed by atoms with Gasteiger partial charge in [0.25, 0.3) is 0 Å². The number of hydrogen-bond donors (Lipinski definition) is 3. The number of benzene rings is 1. The second kappa shape index (κ2) is 12.0. The van der Waals surface area contributed by atoms with Gasteiger partial charge in [-0.1, -0.05) is 37.7 Å². The van der Waals surface area contributed by atoms with Gasteiger partial charge in [0.15, 0.2) is 0 Å². The van der Waals surface area contributed by atoms with E-state index in [1.165, 1.54) is 6.92 Å². The number of carboxylic acids is 3. The highest BCUT2D eigenvalue weighted by Crippen LogP contribution is 2.47. The van der Waals surface area contributed by atoms with E-state index in [1.807, 2.05) is 0 Å². The molecule has 0 unspecified atom stereocenters. The van der Waals surface area contributed by atoms with E-state index >= 15 is 0 Å². The Kier molecular flexibility index (Phi) is 9.62. The molecular weight excluding hydrogens is 472 g/mol. The predicted octanol–water partition coefficient (Wildman–Crippen LogP) is 3.19. The normalized spacial score (nSPS) is 24.1. The SMILES string of the molecule is CC(=O)OC[C@@H]1O[C@@H](c2ccc(C#C[Si](C)(C)C)cc2)[C@H](CC(=O)O)[C@@H](CC(=O)O)[C@H]1CC(=O)O. The topological polar surface area (TPSA) is 147 Å². The first-order valence-electron chi connectivity index (χ1n) is 11.3. The molecule has 1 saturated heterocycles. The van der Waals surface area contributed by atoms with Gasteiger partial charge in [-0.3, -0.25) is 19.2 Å². The van der Waals surface area contributed by atoms with Crippen LogP contribution in [0.4, 0.5) is 0 Å². The summed E-state index contributed by atoms with van der Waals surface area (Å²) < 4.78 is 11.3. The third kappa shape index (κ3) is 8.85. The molecule has 2 rings (SSSR count). The fourth-order valence-electron chi connectivity index (χ4n) is 4.36. The number of carbonyl (C=O) groups is 4. The summed E-state index contributed by atoms with van der Waals surface area (Å²) in [6.45, 7) is 7.31. The molecule has 10 heteroatoms. The Bertz CT molecular complexity index is 1000. The molecule has 0 aliphatic carbocycles. The van der Waals surface area contributed by atoms with E-state index < -0.39 is 81.2 Å². The maximum Gasteiger partial charge on any atom is 0.303 e. The van der Waals surface area contributed by atoms with Gasteiger partial charge in [-0.15, -0.1) is 5.54 Å². The van der Waals surface area contributed by atoms with Crippen LogP contribution < -0.4 is 0 Å². The van der Waals surface area contributed by atoms with E-state index in [0.29, 0.717) is 5.56 Å². The summed E-state index contributed by atoms with van der Waals surface area (Å²) in [6.07, 6.45) is -3.04. The number of esters is 1. The third-order valence-electron chi connectivity index (χ3n) is 5.79. The molecule has 9 nitrogen and oxygen atoms in total. The lowest BCUT2D eigenvalue weighted by molar-refractivity contribution is -0.189. The maximum atomic E-state index is 11.7. The molecule has 1 aliphatic rings. The van der Waals surface area contributed by atoms with Crippen LogP contribution in [-0.4, -0.2) is 60.0 Å². The second-order valence-corrected chi connectivity index (χ2v) is 14.6. The molecule has 0 amide bonds. The van der Waals surface area contributed by atoms with E-state index in [2.05, 4.69) is 31.1 Å². The zero-order valence-corrected chi connectivity index (χ0v) is 21.3. The molecule has 0 spiro atoms. The summed E-state index contributed by atoms with van der Waals surface area (Å²) in [7, 11) is -1.59. The Labute approximate surface area is 205 Å². The molecule has 35 heavy (non-hydrogen) atoms. The van der Waals surface area contributed by atoms with Gasteiger partial charge >= 0.3 is 23.9 Å². The van der Waals surface area contributed by atoms with E-state index in [9.17, 15) is 34.5 Å². The van der Waals surface area contributed by atoms with Crippen LogP contribution in [0.3, 0.4) is 0 Å². The van der Waals surface area contributed by atoms with Crippen molar-refractivity contribution in [2.45, 2.75) is 58.0 Å². The summed E-state index contributed by atoms with van der Waals surface area (Å²) >= 11 is 0. The standard InChI is InChI=1S/C25H32O9Si/c1-15(26)33-14-21-19(12-23(29)30)18(11-22(27)28)20(13-24(31)32)25(34-21)17-7-5-16(6-8-17)9-10-35(2,3)4/h5-8,18-21,25H,11-14H2,1-4H3,(H,27,28)(H,29,30)(H,31,32)/t18-,19+,20+,21-,25-/m0/s1. The fraction of sp³-hybridized carbons (Fsp3) is 0.520. The van der Waals surface area contributed by atoms with Crippen molar-refractivity contribution < 1.29 is 44.0 Å². The van der Waals surface area contributed by atoms with Crippen LogP contribution in [-0.2, 0) is 28.7 Å². The highest BCUT2D eigenvalue weighted by atomic mass is 28.3. The van der Waals surface area contributed by atoms with Gasteiger partial charge in [0.2, 0.25) is 0 Å². The highest BCUT2D eigenvalue weighted by molar-refractivity contribution is 6.83. The minimum absolute atomic E-state index is 0.264. The van der Waals surface area contributed by atoms with E-state index in [4.69, 9.17) is 9.47 Å². The molecule has 0 radical (unpaired) electrons. The van der Waals surface area contributed by atoms with Crippen LogP contribution in [0.15, 0.2) is 24.3 Å². The van der Waals surface area contributed by atoms with Gasteiger partial charge in [0, 0.05) is 30.7 Å². The van der Waals surface area contributed by atoms with Crippen LogP contribution in [0, 0.1) is 29.2 Å². The van der Waals surface area contributed by atoms with Crippen LogP contribution in [0.25, 0.3) is 0 Å². The molecule has 190 valence electrons. The third-order valence-corrected chi connectivity index (χ3v) is 6.67. The lowest BCUT2D eigenvalue weighted by Crippen LogP contribution is -2.48. The van der Waals surface area contributed by atoms with Crippen molar-refractivity contribution in [3.63, 3.8) is 0 Å². The van der Waals surface area contributed by atoms with E-state index in [1.54, 1.807) is 24.3 Å². The highest BCUT2D eigenvalue weighted by Gasteiger charge is 2.48. The molecule has 3 N–H and O–H groups in total. The Morgan fingerprint density at radius 1 is 0.886 bits per heavy atom. The Morgan fingerprint density at radius 2 is 1.40 bits per heavy atom. The van der Waals surface area contributed by atoms with Gasteiger partial charge in [-0.25, -0.2) is 0 Å². The van der Waals surface area contributed by atoms with Crippen molar-refractivity contribution in [1.82, 2.24) is 0 Å². The smallest absolute Gasteiger partial charge is 0.303 e. The van der Waals surface area contributed by atoms with E-state index in [0.717, 1.165) is 5.56 Å². The van der Waals surface area contributed by atoms with Gasteiger partial charge in [-0.05, 0) is 23.6 Å². The molecular formula is C25H32O9Si. The zero-order chi connectivity index (χ0) is 26.3. The van der Waals surface area contributed by atoms with Crippen molar-refractivity contribution in [2.24, 2.45) is 17.8 Å². The number of aliphatic carboxylic acids is 3. The number of carboxylic acid groups (broad SMARTS) is 3. The van der Waals surface area contributed by atoms with Crippen molar-refractivity contribution in [3.05, 3.63) is 35.4 Å². The fourth-order valence-corrected chi connectivity index (χ4v) is 4.88. The van der Waals surface area contributed by atoms with Crippen molar-refractivity contribution in [2.75, 3.05) is 6.61 Å². The summed E-state index contributed by atoms with van der Waals surface area (Å²) in [6, 6.07) is 7.10. The number of rotatable bonds is 9. The number of carbonyl (C=O) groups excluding carboxylic acids is 1. The minimum atomic E-state index is -1.59. The average Bonchev–Trinajstić information content (AvgIpc) is 2.72. The number of hydrogen-bond acceptors (Lipinski definition) is 6. The maximum absolute atomic E-state index is 11.7. The molecule has 0 saturated carbocycles. The molecule has 1 fully saturated rings. The summed E-state index contributed by atoms with van der Waals surface area (Å²) in [5.74, 6) is -3.45. The lowest BCUT2D eigenvalue weighted by Gasteiger charge is -2.46. The molecule has 0 bridgehead atoms. The molecule has 1 aliphatic heterocycles. The van der Waals surface area contributed by atoms with Gasteiger partial charge < -0.3 is 24.8 Å². The molecule has 1 aromatic carbocycles. The first kappa shape index (κ1) is 28.1. The quantitative estimate of drug-likeness (QED) is 0.262. The monoisotopic (exact) mass is 504 g/mol. The van der Waals surface area contributed by atoms with Crippen molar-refractivity contribution in [1.29, 1.82) is 0 Å². The average molecular weight is 505 g/mol. The van der Waals surface area contributed by atoms with Crippen molar-refractivity contribution in [3.8, 4) is 11.5 Å². The van der Waals surface area contributed by atoms with Gasteiger partial charge in [-0.2, -0.15) is 0 Å². The molecule has 5 atom stereocenters. The molecule has 1 aromatic rings. The zero-order valence-electron chi connectivity index (χ0n) is 20.3. The minimum Gasteiger partial charge on any atom is -0.481 e. The Hall–Kier alpha value is -3.16. The first-order valence-corrected chi connectivity index (χ1v) is 14.8. The second-order valence-electron chi connectivity index (χ2n) is 9.80. The van der Waals surface area contributed by atoms with Gasteiger partial charge in [0.05, 0.1) is 25.0 Å². The first-order chi connectivity index (χ1) is 16.3. The van der Waals surface area contributed by atoms with Crippen LogP contribution in [0.2, 0.25) is 19.6 Å². The van der Waals surface area contributed by atoms with Crippen molar-refractivity contribution >= 4 is 32.0 Å². The van der Waals surface area contributed by atoms with E-state index in [-0.39, 0.29) is 6.61 Å². The Morgan fingerprint density at radius 3 is 1.89 bits per heavy atom. The van der Waals surface area contributed by atoms with Crippen LogP contribution in [0.5, 0.6) is 0 Å². The lowest BCUT2D eigenvalue weighted by atomic mass is 9.68. The van der Waals surface area contributed by atoms with Crippen LogP contribution in [0.1, 0.15) is 43.4 Å². The predicted molar refractivity (Wildman–Crippen MR) is 128 cm³/mol.